The van der Waals surface area contributed by atoms with Crippen molar-refractivity contribution in [3.8, 4) is 0 Å². The third-order valence-electron chi connectivity index (χ3n) is 6.96. The summed E-state index contributed by atoms with van der Waals surface area (Å²) in [6.45, 7) is 3.48. The zero-order valence-corrected chi connectivity index (χ0v) is 18.8. The van der Waals surface area contributed by atoms with Crippen LogP contribution in [0.15, 0.2) is 22.6 Å². The van der Waals surface area contributed by atoms with E-state index in [-0.39, 0.29) is 36.1 Å². The number of benzene rings is 1. The summed E-state index contributed by atoms with van der Waals surface area (Å²) in [5.41, 5.74) is 1.46. The number of likely N-dealkylation sites (tertiary alicyclic amines) is 1. The zero-order chi connectivity index (χ0) is 18.4. The van der Waals surface area contributed by atoms with Gasteiger partial charge in [0.2, 0.25) is 5.91 Å². The summed E-state index contributed by atoms with van der Waals surface area (Å²) in [5, 5.41) is 4.17. The molecule has 29 heavy (non-hydrogen) atoms. The lowest BCUT2D eigenvalue weighted by Gasteiger charge is -2.42. The number of carbonyl (C=O) groups is 1. The minimum Gasteiger partial charge on any atom is -0.440 e. The van der Waals surface area contributed by atoms with Gasteiger partial charge in [-0.2, -0.15) is 0 Å². The van der Waals surface area contributed by atoms with Crippen molar-refractivity contribution in [1.82, 2.24) is 15.2 Å². The molecule has 0 spiro atoms. The van der Waals surface area contributed by atoms with E-state index in [2.05, 4.69) is 15.2 Å². The van der Waals surface area contributed by atoms with Gasteiger partial charge in [-0.1, -0.05) is 24.4 Å². The van der Waals surface area contributed by atoms with Gasteiger partial charge < -0.3 is 14.6 Å². The molecular weight excluding hydrogens is 433 g/mol. The van der Waals surface area contributed by atoms with Gasteiger partial charge in [-0.15, -0.1) is 24.8 Å². The molecule has 5 nitrogen and oxygen atoms in total. The van der Waals surface area contributed by atoms with Crippen molar-refractivity contribution >= 4 is 53.4 Å². The van der Waals surface area contributed by atoms with Gasteiger partial charge in [0.15, 0.2) is 11.5 Å². The Labute approximate surface area is 188 Å². The molecule has 2 aromatic rings. The molecule has 2 atom stereocenters. The quantitative estimate of drug-likeness (QED) is 0.698. The molecule has 1 aliphatic carbocycles. The van der Waals surface area contributed by atoms with E-state index in [0.29, 0.717) is 16.8 Å². The first kappa shape index (κ1) is 22.7. The SMILES string of the molecule is Cl.Cl.O=C(N1CCC(c2nc3cc(Cl)ccc3o2)CC1)[C@@]12CCCC[C@H]1CNC2. The molecule has 2 aliphatic heterocycles. The molecule has 2 saturated heterocycles. The molecule has 3 fully saturated rings. The van der Waals surface area contributed by atoms with Crippen LogP contribution in [0.4, 0.5) is 0 Å². The van der Waals surface area contributed by atoms with Crippen molar-refractivity contribution in [3.05, 3.63) is 29.1 Å². The fourth-order valence-electron chi connectivity index (χ4n) is 5.41. The molecule has 0 unspecified atom stereocenters. The highest BCUT2D eigenvalue weighted by molar-refractivity contribution is 6.31. The van der Waals surface area contributed by atoms with E-state index in [1.165, 1.54) is 19.3 Å². The van der Waals surface area contributed by atoms with Crippen LogP contribution in [0.2, 0.25) is 5.02 Å². The van der Waals surface area contributed by atoms with Crippen LogP contribution in [0.5, 0.6) is 0 Å². The second-order valence-corrected chi connectivity index (χ2v) is 8.90. The first-order valence-corrected chi connectivity index (χ1v) is 10.6. The Kier molecular flexibility index (Phi) is 7.04. The molecule has 1 aromatic carbocycles. The Balaban J connectivity index is 0.00000120. The van der Waals surface area contributed by atoms with E-state index in [1.54, 1.807) is 0 Å². The van der Waals surface area contributed by atoms with Crippen molar-refractivity contribution in [3.63, 3.8) is 0 Å². The molecule has 1 amide bonds. The third kappa shape index (κ3) is 3.99. The summed E-state index contributed by atoms with van der Waals surface area (Å²) < 4.78 is 5.96. The van der Waals surface area contributed by atoms with Crippen molar-refractivity contribution in [2.75, 3.05) is 26.2 Å². The van der Waals surface area contributed by atoms with Gasteiger partial charge in [0.25, 0.3) is 0 Å². The minimum atomic E-state index is -0.139. The van der Waals surface area contributed by atoms with Gasteiger partial charge in [0.1, 0.15) is 5.52 Å². The first-order valence-electron chi connectivity index (χ1n) is 10.2. The Morgan fingerprint density at radius 3 is 2.79 bits per heavy atom. The molecule has 0 radical (unpaired) electrons. The molecule has 160 valence electrons. The van der Waals surface area contributed by atoms with Crippen molar-refractivity contribution < 1.29 is 9.21 Å². The maximum Gasteiger partial charge on any atom is 0.230 e. The van der Waals surface area contributed by atoms with E-state index in [4.69, 9.17) is 16.0 Å². The van der Waals surface area contributed by atoms with E-state index in [9.17, 15) is 4.79 Å². The summed E-state index contributed by atoms with van der Waals surface area (Å²) >= 11 is 6.05. The monoisotopic (exact) mass is 459 g/mol. The topological polar surface area (TPSA) is 58.4 Å². The molecule has 1 aromatic heterocycles. The summed E-state index contributed by atoms with van der Waals surface area (Å²) in [6, 6.07) is 5.55. The summed E-state index contributed by atoms with van der Waals surface area (Å²) in [4.78, 5) is 20.2. The highest BCUT2D eigenvalue weighted by atomic mass is 35.5. The van der Waals surface area contributed by atoms with E-state index in [0.717, 1.165) is 62.4 Å². The van der Waals surface area contributed by atoms with Crippen LogP contribution >= 0.6 is 36.4 Å². The molecular formula is C21H28Cl3N3O2. The predicted molar refractivity (Wildman–Crippen MR) is 119 cm³/mol. The molecule has 1 N–H and O–H groups in total. The number of nitrogens with zero attached hydrogens (tertiary/aromatic N) is 2. The third-order valence-corrected chi connectivity index (χ3v) is 7.20. The molecule has 0 bridgehead atoms. The fraction of sp³-hybridized carbons (Fsp3) is 0.619. The van der Waals surface area contributed by atoms with Crippen molar-refractivity contribution in [2.24, 2.45) is 11.3 Å². The summed E-state index contributed by atoms with van der Waals surface area (Å²) in [7, 11) is 0. The Hall–Kier alpha value is -1.01. The number of aromatic nitrogens is 1. The second-order valence-electron chi connectivity index (χ2n) is 8.46. The smallest absolute Gasteiger partial charge is 0.230 e. The number of oxazole rings is 1. The van der Waals surface area contributed by atoms with Crippen LogP contribution in [0.1, 0.15) is 50.3 Å². The largest absolute Gasteiger partial charge is 0.440 e. The zero-order valence-electron chi connectivity index (χ0n) is 16.4. The Bertz CT molecular complexity index is 866. The number of rotatable bonds is 2. The normalized spacial score (nSPS) is 27.2. The lowest BCUT2D eigenvalue weighted by molar-refractivity contribution is -0.146. The maximum absolute atomic E-state index is 13.4. The van der Waals surface area contributed by atoms with Gasteiger partial charge in [0, 0.05) is 30.6 Å². The standard InChI is InChI=1S/C21H26ClN3O2.2ClH/c22-16-4-5-18-17(11-16)24-19(27-18)14-6-9-25(10-7-14)20(26)21-8-2-1-3-15(21)12-23-13-21;;/h4-5,11,14-15,23H,1-3,6-10,12-13H2;2*1H/t15-,21+;;/m0../s1. The van der Waals surface area contributed by atoms with Crippen molar-refractivity contribution in [1.29, 1.82) is 0 Å². The van der Waals surface area contributed by atoms with Crippen LogP contribution < -0.4 is 5.32 Å². The highest BCUT2D eigenvalue weighted by Crippen LogP contribution is 2.45. The number of hydrogen-bond acceptors (Lipinski definition) is 4. The van der Waals surface area contributed by atoms with E-state index >= 15 is 0 Å². The molecule has 5 rings (SSSR count). The number of amides is 1. The van der Waals surface area contributed by atoms with Crippen molar-refractivity contribution in [2.45, 2.75) is 44.4 Å². The molecule has 1 saturated carbocycles. The lowest BCUT2D eigenvalue weighted by atomic mass is 9.67. The number of fused-ring (bicyclic) bond motifs is 2. The van der Waals surface area contributed by atoms with Gasteiger partial charge in [-0.3, -0.25) is 4.79 Å². The number of carbonyl (C=O) groups excluding carboxylic acids is 1. The van der Waals surface area contributed by atoms with Crippen LogP contribution in [0, 0.1) is 11.3 Å². The number of nitrogens with one attached hydrogen (secondary N) is 1. The van der Waals surface area contributed by atoms with Crippen LogP contribution in [0.3, 0.4) is 0 Å². The number of halogens is 3. The Morgan fingerprint density at radius 2 is 2.00 bits per heavy atom. The second kappa shape index (κ2) is 9.01. The van der Waals surface area contributed by atoms with Crippen LogP contribution in [-0.2, 0) is 4.79 Å². The molecule has 3 aliphatic rings. The molecule has 8 heteroatoms. The number of piperidine rings is 1. The summed E-state index contributed by atoms with van der Waals surface area (Å²) in [6.07, 6.45) is 6.54. The van der Waals surface area contributed by atoms with E-state index < -0.39 is 0 Å². The average Bonchev–Trinajstić information content (AvgIpc) is 3.32. The Morgan fingerprint density at radius 1 is 1.21 bits per heavy atom. The lowest BCUT2D eigenvalue weighted by Crippen LogP contribution is -2.51. The average molecular weight is 461 g/mol. The van der Waals surface area contributed by atoms with E-state index in [1.807, 2.05) is 18.2 Å². The van der Waals surface area contributed by atoms with Crippen LogP contribution in [-0.4, -0.2) is 42.0 Å². The maximum atomic E-state index is 13.4. The number of hydrogen-bond donors (Lipinski definition) is 1. The van der Waals surface area contributed by atoms with Gasteiger partial charge in [-0.25, -0.2) is 4.98 Å². The van der Waals surface area contributed by atoms with Gasteiger partial charge >= 0.3 is 0 Å². The van der Waals surface area contributed by atoms with Gasteiger partial charge in [-0.05, 0) is 56.3 Å². The summed E-state index contributed by atoms with van der Waals surface area (Å²) in [5.74, 6) is 1.98. The fourth-order valence-corrected chi connectivity index (χ4v) is 5.57. The minimum absolute atomic E-state index is 0. The molecule has 3 heterocycles. The van der Waals surface area contributed by atoms with Gasteiger partial charge in [0.05, 0.1) is 5.41 Å². The predicted octanol–water partition coefficient (Wildman–Crippen LogP) is 4.81. The highest BCUT2D eigenvalue weighted by Gasteiger charge is 2.51. The van der Waals surface area contributed by atoms with Crippen LogP contribution in [0.25, 0.3) is 11.1 Å². The first-order chi connectivity index (χ1) is 13.2.